The molecule has 88 valence electrons. The van der Waals surface area contributed by atoms with Crippen LogP contribution in [0.3, 0.4) is 0 Å². The van der Waals surface area contributed by atoms with Crippen LogP contribution in [0.25, 0.3) is 5.69 Å². The zero-order valence-electron chi connectivity index (χ0n) is 9.54. The van der Waals surface area contributed by atoms with Gasteiger partial charge in [-0.1, -0.05) is 18.2 Å². The summed E-state index contributed by atoms with van der Waals surface area (Å²) in [4.78, 5) is 11.1. The van der Waals surface area contributed by atoms with Crippen LogP contribution >= 0.6 is 0 Å². The van der Waals surface area contributed by atoms with Crippen molar-refractivity contribution in [2.24, 2.45) is 0 Å². The summed E-state index contributed by atoms with van der Waals surface area (Å²) in [5.74, 6) is -0.803. The number of ether oxygens (including phenoxy) is 1. The van der Waals surface area contributed by atoms with Crippen LogP contribution in [0, 0.1) is 6.92 Å². The van der Waals surface area contributed by atoms with Gasteiger partial charge < -0.3 is 9.84 Å². The van der Waals surface area contributed by atoms with Gasteiger partial charge in [0, 0.05) is 0 Å². The molecule has 0 aliphatic carbocycles. The first kappa shape index (κ1) is 11.2. The lowest BCUT2D eigenvalue weighted by molar-refractivity contribution is 0.0692. The van der Waals surface area contributed by atoms with Crippen LogP contribution in [-0.2, 0) is 0 Å². The lowest BCUT2D eigenvalue weighted by Gasteiger charge is -2.06. The minimum atomic E-state index is -1.04. The highest BCUT2D eigenvalue weighted by Crippen LogP contribution is 2.25. The van der Waals surface area contributed by atoms with Gasteiger partial charge in [0.25, 0.3) is 0 Å². The molecule has 0 atom stereocenters. The average molecular weight is 232 g/mol. The number of nitrogens with zero attached hydrogens (tertiary/aromatic N) is 2. The summed E-state index contributed by atoms with van der Waals surface area (Å²) in [6.07, 6.45) is 0. The van der Waals surface area contributed by atoms with E-state index in [2.05, 4.69) is 5.10 Å². The van der Waals surface area contributed by atoms with Gasteiger partial charge in [-0.15, -0.1) is 0 Å². The largest absolute Gasteiger partial charge is 0.480 e. The normalized spacial score (nSPS) is 10.2. The summed E-state index contributed by atoms with van der Waals surface area (Å²) in [6, 6.07) is 9.25. The molecule has 1 N–H and O–H groups in total. The second-order valence-electron chi connectivity index (χ2n) is 3.52. The number of carbonyl (C=O) groups is 1. The number of aryl methyl sites for hydroxylation is 1. The monoisotopic (exact) mass is 232 g/mol. The highest BCUT2D eigenvalue weighted by Gasteiger charge is 2.22. The Labute approximate surface area is 98.3 Å². The quantitative estimate of drug-likeness (QED) is 0.877. The van der Waals surface area contributed by atoms with E-state index in [9.17, 15) is 4.79 Å². The first-order valence-electron chi connectivity index (χ1n) is 5.07. The summed E-state index contributed by atoms with van der Waals surface area (Å²) in [5, 5.41) is 13.3. The molecule has 2 aromatic rings. The molecule has 0 amide bonds. The fourth-order valence-electron chi connectivity index (χ4n) is 1.69. The molecule has 0 saturated heterocycles. The smallest absolute Gasteiger partial charge is 0.343 e. The Morgan fingerprint density at radius 2 is 2.00 bits per heavy atom. The Kier molecular flexibility index (Phi) is 2.82. The van der Waals surface area contributed by atoms with Crippen molar-refractivity contribution in [1.82, 2.24) is 9.78 Å². The molecular formula is C12H12N2O3. The maximum atomic E-state index is 11.1. The Hall–Kier alpha value is -2.30. The lowest BCUT2D eigenvalue weighted by atomic mass is 10.2. The number of carboxylic acids is 1. The predicted molar refractivity (Wildman–Crippen MR) is 61.8 cm³/mol. The first-order chi connectivity index (χ1) is 8.15. The molecule has 0 saturated carbocycles. The third-order valence-electron chi connectivity index (χ3n) is 2.43. The molecule has 0 bridgehead atoms. The standard InChI is InChI=1S/C12H12N2O3/c1-8-10(12(15)16)11(17-2)14(13-8)9-6-4-3-5-7-9/h3-7H,1-2H3,(H,15,16). The number of rotatable bonds is 3. The molecule has 0 spiro atoms. The average Bonchev–Trinajstić information content (AvgIpc) is 2.67. The Balaban J connectivity index is 2.64. The highest BCUT2D eigenvalue weighted by atomic mass is 16.5. The van der Waals surface area contributed by atoms with Crippen molar-refractivity contribution in [3.63, 3.8) is 0 Å². The van der Waals surface area contributed by atoms with Gasteiger partial charge in [-0.3, -0.25) is 0 Å². The summed E-state index contributed by atoms with van der Waals surface area (Å²) in [6.45, 7) is 1.64. The van der Waals surface area contributed by atoms with Crippen molar-refractivity contribution >= 4 is 5.97 Å². The van der Waals surface area contributed by atoms with E-state index >= 15 is 0 Å². The van der Waals surface area contributed by atoms with Crippen molar-refractivity contribution in [2.75, 3.05) is 7.11 Å². The fourth-order valence-corrected chi connectivity index (χ4v) is 1.69. The maximum Gasteiger partial charge on any atom is 0.343 e. The summed E-state index contributed by atoms with van der Waals surface area (Å²) in [5.41, 5.74) is 1.29. The van der Waals surface area contributed by atoms with Crippen LogP contribution < -0.4 is 4.74 Å². The predicted octanol–water partition coefficient (Wildman–Crippen LogP) is 1.89. The van der Waals surface area contributed by atoms with E-state index in [0.717, 1.165) is 5.69 Å². The third kappa shape index (κ3) is 1.87. The maximum absolute atomic E-state index is 11.1. The minimum Gasteiger partial charge on any atom is -0.480 e. The lowest BCUT2D eigenvalue weighted by Crippen LogP contribution is -2.03. The highest BCUT2D eigenvalue weighted by molar-refractivity contribution is 5.91. The second kappa shape index (κ2) is 4.29. The van der Waals surface area contributed by atoms with Crippen LogP contribution in [0.1, 0.15) is 16.1 Å². The summed E-state index contributed by atoms with van der Waals surface area (Å²) < 4.78 is 6.62. The number of aromatic carboxylic acids is 1. The van der Waals surface area contributed by atoms with Crippen molar-refractivity contribution in [2.45, 2.75) is 6.92 Å². The fraction of sp³-hybridized carbons (Fsp3) is 0.167. The van der Waals surface area contributed by atoms with Crippen molar-refractivity contribution in [3.05, 3.63) is 41.6 Å². The second-order valence-corrected chi connectivity index (χ2v) is 3.52. The molecule has 5 heteroatoms. The van der Waals surface area contributed by atoms with Gasteiger partial charge in [0.15, 0.2) is 0 Å². The molecule has 2 rings (SSSR count). The molecule has 0 aliphatic rings. The molecule has 1 aromatic heterocycles. The van der Waals surface area contributed by atoms with Crippen molar-refractivity contribution < 1.29 is 14.6 Å². The zero-order chi connectivity index (χ0) is 12.4. The first-order valence-corrected chi connectivity index (χ1v) is 5.07. The Bertz CT molecular complexity index is 546. The van der Waals surface area contributed by atoms with E-state index in [0.29, 0.717) is 5.69 Å². The van der Waals surface area contributed by atoms with Gasteiger partial charge in [-0.25, -0.2) is 9.48 Å². The number of hydrogen-bond acceptors (Lipinski definition) is 3. The molecule has 17 heavy (non-hydrogen) atoms. The van der Waals surface area contributed by atoms with E-state index in [1.165, 1.54) is 11.8 Å². The molecule has 1 heterocycles. The van der Waals surface area contributed by atoms with Crippen LogP contribution in [0.5, 0.6) is 5.88 Å². The molecular weight excluding hydrogens is 220 g/mol. The molecule has 0 fully saturated rings. The van der Waals surface area contributed by atoms with E-state index in [4.69, 9.17) is 9.84 Å². The molecule has 5 nitrogen and oxygen atoms in total. The van der Waals surface area contributed by atoms with E-state index in [-0.39, 0.29) is 11.4 Å². The molecule has 0 aliphatic heterocycles. The van der Waals surface area contributed by atoms with E-state index in [1.54, 1.807) is 6.92 Å². The van der Waals surface area contributed by atoms with Gasteiger partial charge >= 0.3 is 5.97 Å². The van der Waals surface area contributed by atoms with Crippen LogP contribution in [0.4, 0.5) is 0 Å². The number of para-hydroxylation sites is 1. The third-order valence-corrected chi connectivity index (χ3v) is 2.43. The Morgan fingerprint density at radius 1 is 1.35 bits per heavy atom. The van der Waals surface area contributed by atoms with Crippen LogP contribution in [0.2, 0.25) is 0 Å². The van der Waals surface area contributed by atoms with Gasteiger partial charge in [0.05, 0.1) is 18.5 Å². The van der Waals surface area contributed by atoms with Gasteiger partial charge in [-0.05, 0) is 19.1 Å². The number of aromatic nitrogens is 2. The van der Waals surface area contributed by atoms with Gasteiger partial charge in [0.1, 0.15) is 5.56 Å². The van der Waals surface area contributed by atoms with Crippen molar-refractivity contribution in [1.29, 1.82) is 0 Å². The zero-order valence-corrected chi connectivity index (χ0v) is 9.54. The Morgan fingerprint density at radius 3 is 2.53 bits per heavy atom. The SMILES string of the molecule is COc1c(C(=O)O)c(C)nn1-c1ccccc1. The van der Waals surface area contributed by atoms with Gasteiger partial charge in [-0.2, -0.15) is 5.10 Å². The topological polar surface area (TPSA) is 64.3 Å². The van der Waals surface area contributed by atoms with Crippen LogP contribution in [0.15, 0.2) is 30.3 Å². The molecule has 0 unspecified atom stereocenters. The van der Waals surface area contributed by atoms with Gasteiger partial charge in [0.2, 0.25) is 5.88 Å². The van der Waals surface area contributed by atoms with Crippen molar-refractivity contribution in [3.8, 4) is 11.6 Å². The number of carboxylic acid groups (broad SMARTS) is 1. The van der Waals surface area contributed by atoms with Crippen LogP contribution in [-0.4, -0.2) is 28.0 Å². The summed E-state index contributed by atoms with van der Waals surface area (Å²) in [7, 11) is 1.43. The summed E-state index contributed by atoms with van der Waals surface area (Å²) >= 11 is 0. The van der Waals surface area contributed by atoms with E-state index < -0.39 is 5.97 Å². The number of benzene rings is 1. The van der Waals surface area contributed by atoms with E-state index in [1.807, 2.05) is 30.3 Å². The number of methoxy groups -OCH3 is 1. The minimum absolute atomic E-state index is 0.0938. The molecule has 0 radical (unpaired) electrons. The molecule has 1 aromatic carbocycles. The number of hydrogen-bond donors (Lipinski definition) is 1.